The first-order valence-corrected chi connectivity index (χ1v) is 7.36. The molecular weight excluding hydrogens is 286 g/mol. The molecule has 0 fully saturated rings. The van der Waals surface area contributed by atoms with E-state index < -0.39 is 6.04 Å². The SMILES string of the molecule is CCCC(N)C(=O)NCc1cccc(CN(C)CC)c1.Cl. The molecule has 0 aliphatic carbocycles. The summed E-state index contributed by atoms with van der Waals surface area (Å²) in [5.41, 5.74) is 8.16. The number of nitrogens with zero attached hydrogens (tertiary/aromatic N) is 1. The number of nitrogens with one attached hydrogen (secondary N) is 1. The summed E-state index contributed by atoms with van der Waals surface area (Å²) in [6, 6.07) is 7.92. The average molecular weight is 314 g/mol. The van der Waals surface area contributed by atoms with E-state index in [2.05, 4.69) is 36.3 Å². The zero-order valence-electron chi connectivity index (χ0n) is 13.3. The molecule has 1 aromatic carbocycles. The van der Waals surface area contributed by atoms with Crippen LogP contribution in [0.25, 0.3) is 0 Å². The largest absolute Gasteiger partial charge is 0.351 e. The van der Waals surface area contributed by atoms with Gasteiger partial charge in [0.2, 0.25) is 5.91 Å². The summed E-state index contributed by atoms with van der Waals surface area (Å²) in [6.07, 6.45) is 1.65. The third-order valence-corrected chi connectivity index (χ3v) is 3.39. The summed E-state index contributed by atoms with van der Waals surface area (Å²) >= 11 is 0. The maximum atomic E-state index is 11.8. The van der Waals surface area contributed by atoms with Gasteiger partial charge < -0.3 is 16.0 Å². The second-order valence-corrected chi connectivity index (χ2v) is 5.26. The monoisotopic (exact) mass is 313 g/mol. The Balaban J connectivity index is 0.00000400. The number of benzene rings is 1. The Morgan fingerprint density at radius 1 is 1.33 bits per heavy atom. The topological polar surface area (TPSA) is 58.4 Å². The number of nitrogens with two attached hydrogens (primary N) is 1. The van der Waals surface area contributed by atoms with Gasteiger partial charge in [-0.2, -0.15) is 0 Å². The predicted octanol–water partition coefficient (Wildman–Crippen LogP) is 2.30. The maximum absolute atomic E-state index is 11.8. The number of rotatable bonds is 8. The van der Waals surface area contributed by atoms with Gasteiger partial charge in [0.1, 0.15) is 0 Å². The van der Waals surface area contributed by atoms with Crippen LogP contribution in [0.3, 0.4) is 0 Å². The molecule has 120 valence electrons. The molecule has 0 radical (unpaired) electrons. The van der Waals surface area contributed by atoms with Crippen LogP contribution >= 0.6 is 12.4 Å². The molecule has 0 saturated carbocycles. The van der Waals surface area contributed by atoms with Crippen molar-refractivity contribution in [3.05, 3.63) is 35.4 Å². The fourth-order valence-electron chi connectivity index (χ4n) is 2.02. The molecule has 1 unspecified atom stereocenters. The molecule has 1 aromatic rings. The Kier molecular flexibility index (Phi) is 10.0. The number of halogens is 1. The Bertz CT molecular complexity index is 426. The number of amides is 1. The van der Waals surface area contributed by atoms with Gasteiger partial charge in [0.25, 0.3) is 0 Å². The predicted molar refractivity (Wildman–Crippen MR) is 90.4 cm³/mol. The van der Waals surface area contributed by atoms with E-state index in [0.29, 0.717) is 6.54 Å². The smallest absolute Gasteiger partial charge is 0.237 e. The second kappa shape index (κ2) is 10.6. The van der Waals surface area contributed by atoms with Crippen molar-refractivity contribution in [3.63, 3.8) is 0 Å². The van der Waals surface area contributed by atoms with Crippen LogP contribution in [0.15, 0.2) is 24.3 Å². The van der Waals surface area contributed by atoms with Crippen LogP contribution in [-0.2, 0) is 17.9 Å². The minimum atomic E-state index is -0.394. The second-order valence-electron chi connectivity index (χ2n) is 5.26. The Labute approximate surface area is 134 Å². The summed E-state index contributed by atoms with van der Waals surface area (Å²) in [4.78, 5) is 14.0. The van der Waals surface area contributed by atoms with Crippen molar-refractivity contribution in [2.24, 2.45) is 5.73 Å². The molecule has 0 aromatic heterocycles. The van der Waals surface area contributed by atoms with Crippen molar-refractivity contribution in [3.8, 4) is 0 Å². The van der Waals surface area contributed by atoms with Crippen molar-refractivity contribution in [2.45, 2.75) is 45.8 Å². The molecule has 0 aliphatic rings. The summed E-state index contributed by atoms with van der Waals surface area (Å²) < 4.78 is 0. The minimum absolute atomic E-state index is 0. The normalized spacial score (nSPS) is 11.9. The van der Waals surface area contributed by atoms with E-state index in [1.165, 1.54) is 5.56 Å². The molecule has 0 saturated heterocycles. The van der Waals surface area contributed by atoms with E-state index in [9.17, 15) is 4.79 Å². The summed E-state index contributed by atoms with van der Waals surface area (Å²) in [6.45, 7) is 6.65. The lowest BCUT2D eigenvalue weighted by molar-refractivity contribution is -0.122. The summed E-state index contributed by atoms with van der Waals surface area (Å²) in [7, 11) is 2.10. The summed E-state index contributed by atoms with van der Waals surface area (Å²) in [5, 5.41) is 2.90. The van der Waals surface area contributed by atoms with Crippen LogP contribution in [0.4, 0.5) is 0 Å². The van der Waals surface area contributed by atoms with Crippen LogP contribution in [0.1, 0.15) is 37.8 Å². The van der Waals surface area contributed by atoms with Crippen LogP contribution in [-0.4, -0.2) is 30.4 Å². The molecular formula is C16H28ClN3O. The molecule has 0 heterocycles. The van der Waals surface area contributed by atoms with Gasteiger partial charge in [-0.15, -0.1) is 12.4 Å². The van der Waals surface area contributed by atoms with Crippen molar-refractivity contribution in [1.82, 2.24) is 10.2 Å². The van der Waals surface area contributed by atoms with Crippen molar-refractivity contribution in [1.29, 1.82) is 0 Å². The quantitative estimate of drug-likeness (QED) is 0.774. The number of hydrogen-bond donors (Lipinski definition) is 2. The van der Waals surface area contributed by atoms with E-state index in [1.54, 1.807) is 0 Å². The van der Waals surface area contributed by atoms with E-state index in [4.69, 9.17) is 5.73 Å². The van der Waals surface area contributed by atoms with Crippen molar-refractivity contribution < 1.29 is 4.79 Å². The lowest BCUT2D eigenvalue weighted by atomic mass is 10.1. The van der Waals surface area contributed by atoms with E-state index >= 15 is 0 Å². The molecule has 1 rings (SSSR count). The Morgan fingerprint density at radius 3 is 2.62 bits per heavy atom. The lowest BCUT2D eigenvalue weighted by Crippen LogP contribution is -2.40. The highest BCUT2D eigenvalue weighted by atomic mass is 35.5. The molecule has 1 atom stereocenters. The fraction of sp³-hybridized carbons (Fsp3) is 0.562. The molecule has 1 amide bonds. The first-order valence-electron chi connectivity index (χ1n) is 7.36. The average Bonchev–Trinajstić information content (AvgIpc) is 2.45. The van der Waals surface area contributed by atoms with Crippen molar-refractivity contribution >= 4 is 18.3 Å². The molecule has 5 heteroatoms. The summed E-state index contributed by atoms with van der Waals surface area (Å²) in [5.74, 6) is -0.0667. The fourth-order valence-corrected chi connectivity index (χ4v) is 2.02. The molecule has 3 N–H and O–H groups in total. The highest BCUT2D eigenvalue weighted by molar-refractivity contribution is 5.85. The molecule has 21 heavy (non-hydrogen) atoms. The van der Waals surface area contributed by atoms with Gasteiger partial charge in [0.05, 0.1) is 6.04 Å². The molecule has 4 nitrogen and oxygen atoms in total. The number of carbonyl (C=O) groups excluding carboxylic acids is 1. The highest BCUT2D eigenvalue weighted by Crippen LogP contribution is 2.07. The van der Waals surface area contributed by atoms with E-state index in [1.807, 2.05) is 19.1 Å². The van der Waals surface area contributed by atoms with Gasteiger partial charge in [-0.25, -0.2) is 0 Å². The number of hydrogen-bond acceptors (Lipinski definition) is 3. The van der Waals surface area contributed by atoms with Crippen molar-refractivity contribution in [2.75, 3.05) is 13.6 Å². The Morgan fingerprint density at radius 2 is 2.00 bits per heavy atom. The van der Waals surface area contributed by atoms with Gasteiger partial charge in [-0.3, -0.25) is 4.79 Å². The Hall–Kier alpha value is -1.10. The third kappa shape index (κ3) is 7.46. The molecule has 0 bridgehead atoms. The third-order valence-electron chi connectivity index (χ3n) is 3.39. The maximum Gasteiger partial charge on any atom is 0.237 e. The van der Waals surface area contributed by atoms with E-state index in [0.717, 1.165) is 31.5 Å². The van der Waals surface area contributed by atoms with Crippen LogP contribution in [0, 0.1) is 0 Å². The van der Waals surface area contributed by atoms with E-state index in [-0.39, 0.29) is 18.3 Å². The van der Waals surface area contributed by atoms with Gasteiger partial charge in [0, 0.05) is 13.1 Å². The molecule has 0 spiro atoms. The van der Waals surface area contributed by atoms with Gasteiger partial charge in [0.15, 0.2) is 0 Å². The van der Waals surface area contributed by atoms with Crippen LogP contribution in [0.5, 0.6) is 0 Å². The number of carbonyl (C=O) groups is 1. The van der Waals surface area contributed by atoms with Gasteiger partial charge in [-0.05, 0) is 31.1 Å². The minimum Gasteiger partial charge on any atom is -0.351 e. The highest BCUT2D eigenvalue weighted by Gasteiger charge is 2.11. The van der Waals surface area contributed by atoms with Crippen LogP contribution in [0.2, 0.25) is 0 Å². The first kappa shape index (κ1) is 19.9. The standard InChI is InChI=1S/C16H27N3O.ClH/c1-4-7-15(17)16(20)18-11-13-8-6-9-14(10-13)12-19(3)5-2;/h6,8-10,15H,4-5,7,11-12,17H2,1-3H3,(H,18,20);1H. The zero-order chi connectivity index (χ0) is 15.0. The molecule has 0 aliphatic heterocycles. The van der Waals surface area contributed by atoms with Crippen LogP contribution < -0.4 is 11.1 Å². The zero-order valence-corrected chi connectivity index (χ0v) is 14.1. The van der Waals surface area contributed by atoms with Gasteiger partial charge >= 0.3 is 0 Å². The lowest BCUT2D eigenvalue weighted by Gasteiger charge is -2.15. The first-order chi connectivity index (χ1) is 9.56. The van der Waals surface area contributed by atoms with Gasteiger partial charge in [-0.1, -0.05) is 44.5 Å².